The van der Waals surface area contributed by atoms with Crippen molar-refractivity contribution in [3.63, 3.8) is 0 Å². The first-order valence-corrected chi connectivity index (χ1v) is 11.4. The highest BCUT2D eigenvalue weighted by molar-refractivity contribution is 9.10. The lowest BCUT2D eigenvalue weighted by molar-refractivity contribution is 0.0925. The van der Waals surface area contributed by atoms with Crippen LogP contribution in [0.4, 0.5) is 5.69 Å². The van der Waals surface area contributed by atoms with Crippen molar-refractivity contribution in [2.45, 2.75) is 45.7 Å². The van der Waals surface area contributed by atoms with Gasteiger partial charge in [0.05, 0.1) is 5.56 Å². The summed E-state index contributed by atoms with van der Waals surface area (Å²) in [6, 6.07) is 15.4. The Bertz CT molecular complexity index is 892. The summed E-state index contributed by atoms with van der Waals surface area (Å²) in [5.74, 6) is 0.305. The normalized spacial score (nSPS) is 15.7. The summed E-state index contributed by atoms with van der Waals surface area (Å²) in [6.07, 6.45) is 1.69. The summed E-state index contributed by atoms with van der Waals surface area (Å²) in [5, 5.41) is 6.25. The average Bonchev–Trinajstić information content (AvgIpc) is 2.74. The molecule has 0 radical (unpaired) electrons. The molecule has 3 rings (SSSR count). The van der Waals surface area contributed by atoms with Crippen molar-refractivity contribution in [2.75, 3.05) is 18.0 Å². The Morgan fingerprint density at radius 2 is 1.70 bits per heavy atom. The van der Waals surface area contributed by atoms with Crippen LogP contribution in [-0.2, 0) is 0 Å². The molecule has 1 heterocycles. The quantitative estimate of drug-likeness (QED) is 0.645. The zero-order valence-corrected chi connectivity index (χ0v) is 19.4. The molecule has 160 valence electrons. The van der Waals surface area contributed by atoms with E-state index >= 15 is 0 Å². The number of rotatable bonds is 6. The highest BCUT2D eigenvalue weighted by Gasteiger charge is 2.24. The monoisotopic (exact) mass is 471 g/mol. The van der Waals surface area contributed by atoms with Crippen LogP contribution < -0.4 is 15.5 Å². The molecule has 1 saturated heterocycles. The van der Waals surface area contributed by atoms with Gasteiger partial charge in [0, 0.05) is 40.9 Å². The number of hydrogen-bond donors (Lipinski definition) is 2. The highest BCUT2D eigenvalue weighted by atomic mass is 79.9. The van der Waals surface area contributed by atoms with Crippen molar-refractivity contribution in [1.82, 2.24) is 10.6 Å². The summed E-state index contributed by atoms with van der Waals surface area (Å²) < 4.78 is 0.895. The molecule has 2 aromatic carbocycles. The van der Waals surface area contributed by atoms with E-state index in [9.17, 15) is 9.59 Å². The number of hydrogen-bond acceptors (Lipinski definition) is 3. The molecule has 2 N–H and O–H groups in total. The highest BCUT2D eigenvalue weighted by Crippen LogP contribution is 2.25. The molecule has 1 aliphatic rings. The maximum Gasteiger partial charge on any atom is 0.253 e. The molecule has 1 atom stereocenters. The lowest BCUT2D eigenvalue weighted by Gasteiger charge is -2.35. The molecule has 0 saturated carbocycles. The van der Waals surface area contributed by atoms with Gasteiger partial charge in [-0.05, 0) is 56.0 Å². The number of para-hydroxylation sites is 1. The molecule has 0 bridgehead atoms. The number of anilines is 1. The van der Waals surface area contributed by atoms with Gasteiger partial charge >= 0.3 is 0 Å². The maximum atomic E-state index is 12.8. The van der Waals surface area contributed by atoms with Crippen LogP contribution in [0.1, 0.15) is 54.3 Å². The molecular weight excluding hydrogens is 442 g/mol. The molecule has 1 aliphatic heterocycles. The van der Waals surface area contributed by atoms with Crippen LogP contribution in [-0.4, -0.2) is 37.0 Å². The molecule has 1 fully saturated rings. The van der Waals surface area contributed by atoms with Gasteiger partial charge in [-0.15, -0.1) is 0 Å². The first kappa shape index (κ1) is 22.3. The third kappa shape index (κ3) is 5.63. The van der Waals surface area contributed by atoms with Gasteiger partial charge in [0.2, 0.25) is 0 Å². The van der Waals surface area contributed by atoms with Gasteiger partial charge in [-0.1, -0.05) is 48.0 Å². The Balaban J connectivity index is 1.61. The second-order valence-electron chi connectivity index (χ2n) is 8.27. The fourth-order valence-electron chi connectivity index (χ4n) is 3.56. The molecule has 30 heavy (non-hydrogen) atoms. The van der Waals surface area contributed by atoms with Crippen LogP contribution in [0.5, 0.6) is 0 Å². The minimum Gasteiger partial charge on any atom is -0.371 e. The number of piperidine rings is 1. The Kier molecular flexibility index (Phi) is 7.53. The van der Waals surface area contributed by atoms with Crippen LogP contribution in [0.15, 0.2) is 53.0 Å². The Labute approximate surface area is 187 Å². The van der Waals surface area contributed by atoms with Gasteiger partial charge in [-0.3, -0.25) is 9.59 Å². The van der Waals surface area contributed by atoms with Crippen LogP contribution in [0.25, 0.3) is 0 Å². The molecule has 2 aromatic rings. The molecule has 0 aliphatic carbocycles. The largest absolute Gasteiger partial charge is 0.371 e. The fraction of sp³-hybridized carbons (Fsp3) is 0.417. The van der Waals surface area contributed by atoms with E-state index in [4.69, 9.17) is 0 Å². The Morgan fingerprint density at radius 1 is 1.00 bits per heavy atom. The number of amides is 2. The Hall–Kier alpha value is -2.34. The summed E-state index contributed by atoms with van der Waals surface area (Å²) >= 11 is 3.41. The van der Waals surface area contributed by atoms with Crippen LogP contribution in [0, 0.1) is 5.92 Å². The average molecular weight is 472 g/mol. The van der Waals surface area contributed by atoms with E-state index in [-0.39, 0.29) is 23.9 Å². The lowest BCUT2D eigenvalue weighted by Crippen LogP contribution is -2.45. The zero-order chi connectivity index (χ0) is 21.7. The van der Waals surface area contributed by atoms with Gasteiger partial charge in [0.1, 0.15) is 0 Å². The minimum absolute atomic E-state index is 0.0307. The second kappa shape index (κ2) is 10.1. The van der Waals surface area contributed by atoms with E-state index in [1.807, 2.05) is 55.5 Å². The number of nitrogens with one attached hydrogen (secondary N) is 2. The smallest absolute Gasteiger partial charge is 0.253 e. The van der Waals surface area contributed by atoms with Gasteiger partial charge in [0.15, 0.2) is 0 Å². The number of nitrogens with zero attached hydrogens (tertiary/aromatic N) is 1. The molecule has 2 amide bonds. The molecule has 0 aromatic heterocycles. The lowest BCUT2D eigenvalue weighted by atomic mass is 10.0. The van der Waals surface area contributed by atoms with E-state index in [1.165, 1.54) is 0 Å². The maximum absolute atomic E-state index is 12.8. The molecule has 0 spiro atoms. The summed E-state index contributed by atoms with van der Waals surface area (Å²) in [6.45, 7) is 7.83. The van der Waals surface area contributed by atoms with Crippen LogP contribution in [0.3, 0.4) is 0 Å². The van der Waals surface area contributed by atoms with Gasteiger partial charge in [-0.25, -0.2) is 0 Å². The molecule has 6 heteroatoms. The first-order chi connectivity index (χ1) is 14.3. The van der Waals surface area contributed by atoms with Crippen molar-refractivity contribution in [3.8, 4) is 0 Å². The van der Waals surface area contributed by atoms with Crippen LogP contribution >= 0.6 is 15.9 Å². The van der Waals surface area contributed by atoms with E-state index in [2.05, 4.69) is 45.3 Å². The van der Waals surface area contributed by atoms with E-state index < -0.39 is 0 Å². The van der Waals surface area contributed by atoms with Crippen molar-refractivity contribution in [3.05, 3.63) is 64.1 Å². The second-order valence-corrected chi connectivity index (χ2v) is 9.18. The molecule has 0 unspecified atom stereocenters. The first-order valence-electron chi connectivity index (χ1n) is 10.6. The molecule has 5 nitrogen and oxygen atoms in total. The van der Waals surface area contributed by atoms with Gasteiger partial charge in [0.25, 0.3) is 11.8 Å². The van der Waals surface area contributed by atoms with E-state index in [0.717, 1.165) is 36.1 Å². The number of carbonyl (C=O) groups excluding carboxylic acids is 2. The standard InChI is InChI=1S/C24H30BrN3O2/c1-16(2)17(3)26-24(30)21-9-4-5-10-22(21)28-13-11-20(12-14-28)27-23(29)18-7-6-8-19(25)15-18/h4-10,15-17,20H,11-14H2,1-3H3,(H,26,30)(H,27,29)/t17-/m0/s1. The molecular formula is C24H30BrN3O2. The zero-order valence-electron chi connectivity index (χ0n) is 17.8. The fourth-order valence-corrected chi connectivity index (χ4v) is 3.96. The van der Waals surface area contributed by atoms with E-state index in [1.54, 1.807) is 0 Å². The van der Waals surface area contributed by atoms with Crippen molar-refractivity contribution in [1.29, 1.82) is 0 Å². The predicted octanol–water partition coefficient (Wildman–Crippen LogP) is 4.62. The van der Waals surface area contributed by atoms with Crippen molar-refractivity contribution >= 4 is 33.4 Å². The third-order valence-electron chi connectivity index (χ3n) is 5.77. The number of benzene rings is 2. The van der Waals surface area contributed by atoms with Crippen molar-refractivity contribution in [2.24, 2.45) is 5.92 Å². The predicted molar refractivity (Wildman–Crippen MR) is 125 cm³/mol. The minimum atomic E-state index is -0.0443. The summed E-state index contributed by atoms with van der Waals surface area (Å²) in [4.78, 5) is 27.6. The van der Waals surface area contributed by atoms with Crippen molar-refractivity contribution < 1.29 is 9.59 Å². The summed E-state index contributed by atoms with van der Waals surface area (Å²) in [7, 11) is 0. The topological polar surface area (TPSA) is 61.4 Å². The van der Waals surface area contributed by atoms with Gasteiger partial charge < -0.3 is 15.5 Å². The third-order valence-corrected chi connectivity index (χ3v) is 6.26. The van der Waals surface area contributed by atoms with Gasteiger partial charge in [-0.2, -0.15) is 0 Å². The number of halogens is 1. The Morgan fingerprint density at radius 3 is 2.37 bits per heavy atom. The number of carbonyl (C=O) groups is 2. The SMILES string of the molecule is CC(C)[C@H](C)NC(=O)c1ccccc1N1CCC(NC(=O)c2cccc(Br)c2)CC1. The van der Waals surface area contributed by atoms with Crippen LogP contribution in [0.2, 0.25) is 0 Å². The summed E-state index contributed by atoms with van der Waals surface area (Å²) in [5.41, 5.74) is 2.33. The van der Waals surface area contributed by atoms with E-state index in [0.29, 0.717) is 17.0 Å².